The van der Waals surface area contributed by atoms with Crippen LogP contribution in [0.1, 0.15) is 23.1 Å². The second-order valence-electron chi connectivity index (χ2n) is 5.80. The monoisotopic (exact) mass is 438 g/mol. The first kappa shape index (κ1) is 20.5. The lowest BCUT2D eigenvalue weighted by molar-refractivity contribution is -0.142. The summed E-state index contributed by atoms with van der Waals surface area (Å²) in [7, 11) is 0. The van der Waals surface area contributed by atoms with Crippen molar-refractivity contribution in [2.24, 2.45) is 0 Å². The minimum Gasteiger partial charge on any atom is -0.466 e. The van der Waals surface area contributed by atoms with Gasteiger partial charge in [0.1, 0.15) is 4.83 Å². The molecule has 3 rings (SSSR count). The van der Waals surface area contributed by atoms with Crippen LogP contribution in [0, 0.1) is 13.8 Å². The van der Waals surface area contributed by atoms with Crippen LogP contribution in [0.5, 0.6) is 0 Å². The molecule has 0 aromatic carbocycles. The highest BCUT2D eigenvalue weighted by Gasteiger charge is 2.14. The molecule has 28 heavy (non-hydrogen) atoms. The van der Waals surface area contributed by atoms with Gasteiger partial charge in [-0.3, -0.25) is 14.4 Å². The Kier molecular flexibility index (Phi) is 6.47. The van der Waals surface area contributed by atoms with Gasteiger partial charge in [0.2, 0.25) is 5.91 Å². The number of thioether (sulfide) groups is 1. The van der Waals surface area contributed by atoms with E-state index in [1.54, 1.807) is 12.3 Å². The lowest BCUT2D eigenvalue weighted by Crippen LogP contribution is -2.15. The number of fused-ring (bicyclic) bond motifs is 1. The highest BCUT2D eigenvalue weighted by Crippen LogP contribution is 2.27. The number of hydrogen-bond acceptors (Lipinski definition) is 9. The first-order valence-electron chi connectivity index (χ1n) is 8.40. The maximum absolute atomic E-state index is 12.3. The fourth-order valence-electron chi connectivity index (χ4n) is 2.40. The second kappa shape index (κ2) is 8.84. The number of carbonyl (C=O) groups is 2. The van der Waals surface area contributed by atoms with E-state index in [4.69, 9.17) is 4.74 Å². The van der Waals surface area contributed by atoms with E-state index in [0.29, 0.717) is 32.8 Å². The number of thiazole rings is 1. The third kappa shape index (κ3) is 4.78. The number of rotatable bonds is 7. The molecule has 0 aliphatic carbocycles. The van der Waals surface area contributed by atoms with Gasteiger partial charge in [0.25, 0.3) is 5.56 Å². The smallest absolute Gasteiger partial charge is 0.311 e. The number of anilines is 1. The molecule has 0 unspecified atom stereocenters. The highest BCUT2D eigenvalue weighted by molar-refractivity contribution is 7.99. The molecule has 11 heteroatoms. The molecule has 0 atom stereocenters. The van der Waals surface area contributed by atoms with Gasteiger partial charge in [-0.15, -0.1) is 22.7 Å². The Morgan fingerprint density at radius 3 is 2.86 bits per heavy atom. The second-order valence-corrected chi connectivity index (χ2v) is 8.82. The SMILES string of the molecule is CCOC(=O)Cc1csc(NC(=O)CSc2nc3sc(C)c(C)c3c(=O)[nH]2)n1. The van der Waals surface area contributed by atoms with Crippen LogP contribution in [-0.2, 0) is 20.7 Å². The molecule has 0 saturated heterocycles. The number of aromatic nitrogens is 3. The van der Waals surface area contributed by atoms with Gasteiger partial charge in [-0.05, 0) is 26.3 Å². The molecule has 2 N–H and O–H groups in total. The number of H-pyrrole nitrogens is 1. The summed E-state index contributed by atoms with van der Waals surface area (Å²) >= 11 is 3.85. The van der Waals surface area contributed by atoms with Gasteiger partial charge in [-0.1, -0.05) is 11.8 Å². The van der Waals surface area contributed by atoms with Crippen LogP contribution in [0.15, 0.2) is 15.3 Å². The molecule has 3 heterocycles. The van der Waals surface area contributed by atoms with Crippen molar-refractivity contribution in [3.63, 3.8) is 0 Å². The molecule has 0 aliphatic rings. The molecule has 8 nitrogen and oxygen atoms in total. The summed E-state index contributed by atoms with van der Waals surface area (Å²) in [6, 6.07) is 0. The van der Waals surface area contributed by atoms with E-state index in [1.165, 1.54) is 22.7 Å². The number of amides is 1. The van der Waals surface area contributed by atoms with Gasteiger partial charge >= 0.3 is 5.97 Å². The van der Waals surface area contributed by atoms with E-state index in [1.807, 2.05) is 13.8 Å². The fourth-order valence-corrected chi connectivity index (χ4v) is 4.87. The normalized spacial score (nSPS) is 11.0. The first-order valence-corrected chi connectivity index (χ1v) is 11.1. The average Bonchev–Trinajstić information content (AvgIpc) is 3.17. The van der Waals surface area contributed by atoms with Crippen molar-refractivity contribution < 1.29 is 14.3 Å². The standard InChI is InChI=1S/C17H18N4O4S3/c1-4-25-12(23)5-10-6-26-16(18-10)19-11(22)7-27-17-20-14(24)13-8(2)9(3)28-15(13)21-17/h6H,4-5,7H2,1-3H3,(H,18,19,22)(H,20,21,24). The predicted molar refractivity (Wildman–Crippen MR) is 112 cm³/mol. The van der Waals surface area contributed by atoms with Crippen LogP contribution in [0.2, 0.25) is 0 Å². The summed E-state index contributed by atoms with van der Waals surface area (Å²) in [5.41, 5.74) is 1.29. The van der Waals surface area contributed by atoms with E-state index in [2.05, 4.69) is 20.3 Å². The zero-order chi connectivity index (χ0) is 20.3. The Morgan fingerprint density at radius 1 is 1.32 bits per heavy atom. The van der Waals surface area contributed by atoms with Gasteiger partial charge in [0.15, 0.2) is 10.3 Å². The molecule has 0 radical (unpaired) electrons. The van der Waals surface area contributed by atoms with Gasteiger partial charge in [-0.25, -0.2) is 9.97 Å². The van der Waals surface area contributed by atoms with Crippen molar-refractivity contribution in [3.05, 3.63) is 31.9 Å². The largest absolute Gasteiger partial charge is 0.466 e. The minimum atomic E-state index is -0.356. The number of carbonyl (C=O) groups excluding carboxylic acids is 2. The Balaban J connectivity index is 1.59. The van der Waals surface area contributed by atoms with E-state index >= 15 is 0 Å². The minimum absolute atomic E-state index is 0.0692. The van der Waals surface area contributed by atoms with Gasteiger partial charge in [0.05, 0.1) is 29.9 Å². The van der Waals surface area contributed by atoms with Crippen LogP contribution in [0.3, 0.4) is 0 Å². The number of aromatic amines is 1. The molecule has 0 spiro atoms. The van der Waals surface area contributed by atoms with Gasteiger partial charge in [-0.2, -0.15) is 0 Å². The number of ether oxygens (including phenoxy) is 1. The number of nitrogens with zero attached hydrogens (tertiary/aromatic N) is 2. The van der Waals surface area contributed by atoms with E-state index in [-0.39, 0.29) is 29.6 Å². The van der Waals surface area contributed by atoms with E-state index < -0.39 is 0 Å². The van der Waals surface area contributed by atoms with Crippen LogP contribution >= 0.6 is 34.4 Å². The molecule has 0 fully saturated rings. The molecule has 3 aromatic heterocycles. The Hall–Kier alpha value is -2.24. The average molecular weight is 439 g/mol. The number of thiophene rings is 1. The van der Waals surface area contributed by atoms with Gasteiger partial charge in [0, 0.05) is 10.3 Å². The third-order valence-corrected chi connectivity index (χ3v) is 6.57. The van der Waals surface area contributed by atoms with Crippen LogP contribution in [0.4, 0.5) is 5.13 Å². The van der Waals surface area contributed by atoms with Crippen molar-refractivity contribution in [1.29, 1.82) is 0 Å². The maximum atomic E-state index is 12.3. The zero-order valence-corrected chi connectivity index (χ0v) is 17.9. The topological polar surface area (TPSA) is 114 Å². The third-order valence-electron chi connectivity index (χ3n) is 3.79. The molecule has 3 aromatic rings. The van der Waals surface area contributed by atoms with Crippen LogP contribution < -0.4 is 10.9 Å². The fraction of sp³-hybridized carbons (Fsp3) is 0.353. The van der Waals surface area contributed by atoms with E-state index in [9.17, 15) is 14.4 Å². The van der Waals surface area contributed by atoms with Crippen molar-refractivity contribution in [2.45, 2.75) is 32.3 Å². The van der Waals surface area contributed by atoms with Crippen LogP contribution in [0.25, 0.3) is 10.2 Å². The first-order chi connectivity index (χ1) is 13.4. The van der Waals surface area contributed by atoms with E-state index in [0.717, 1.165) is 22.2 Å². The van der Waals surface area contributed by atoms with Crippen molar-refractivity contribution in [1.82, 2.24) is 15.0 Å². The van der Waals surface area contributed by atoms with Crippen molar-refractivity contribution in [3.8, 4) is 0 Å². The molecular formula is C17H18N4O4S3. The quantitative estimate of drug-likeness (QED) is 0.331. The molecule has 0 aliphatic heterocycles. The lowest BCUT2D eigenvalue weighted by Gasteiger charge is -2.02. The number of esters is 1. The Morgan fingerprint density at radius 2 is 2.11 bits per heavy atom. The van der Waals surface area contributed by atoms with Crippen molar-refractivity contribution in [2.75, 3.05) is 17.7 Å². The molecule has 1 amide bonds. The summed E-state index contributed by atoms with van der Waals surface area (Å²) in [5, 5.41) is 5.80. The number of nitrogens with one attached hydrogen (secondary N) is 2. The zero-order valence-electron chi connectivity index (χ0n) is 15.5. The summed E-state index contributed by atoms with van der Waals surface area (Å²) in [6.07, 6.45) is 0.0692. The number of aryl methyl sites for hydroxylation is 2. The Bertz CT molecular complexity index is 1090. The summed E-state index contributed by atoms with van der Waals surface area (Å²) < 4.78 is 4.87. The van der Waals surface area contributed by atoms with Crippen molar-refractivity contribution >= 4 is 61.7 Å². The summed E-state index contributed by atoms with van der Waals surface area (Å²) in [6.45, 7) is 5.90. The summed E-state index contributed by atoms with van der Waals surface area (Å²) in [4.78, 5) is 48.9. The molecule has 0 saturated carbocycles. The number of hydrogen-bond donors (Lipinski definition) is 2. The molecular weight excluding hydrogens is 420 g/mol. The summed E-state index contributed by atoms with van der Waals surface area (Å²) in [5.74, 6) is -0.557. The van der Waals surface area contributed by atoms with Crippen LogP contribution in [-0.4, -0.2) is 39.2 Å². The highest BCUT2D eigenvalue weighted by atomic mass is 32.2. The lowest BCUT2D eigenvalue weighted by atomic mass is 10.2. The molecule has 148 valence electrons. The molecule has 0 bridgehead atoms. The maximum Gasteiger partial charge on any atom is 0.311 e. The predicted octanol–water partition coefficient (Wildman–Crippen LogP) is 2.89. The Labute approximate surface area is 172 Å². The van der Waals surface area contributed by atoms with Gasteiger partial charge < -0.3 is 15.0 Å².